The summed E-state index contributed by atoms with van der Waals surface area (Å²) in [6.45, 7) is 9.40. The molecule has 2 saturated carbocycles. The van der Waals surface area contributed by atoms with Crippen LogP contribution in [0.1, 0.15) is 114 Å². The standard InChI is InChI=1S/C59H70N2O16S/c1-3-53(62)70-37-11-7-5-9-35-68-48-27-23-44(24-28-48)56(75-67)43-17-13-41(14-18-43)40-73-77-52-34-33-51(55-57(52)78-58(60-55)45-21-25-47(26-22-45)61(65)66)74-59(64)46-19-15-42(16-20-46)39-72-76-50-31-29-49(30-32-50)69-36-10-6-8-12-38-71-54(63)4-2/h3-4,21-34,41-43,46,56,67H,1-2,5-20,35-40H2/t41?,42-,43?,46+,56?. The number of aromatic nitrogens is 1. The Morgan fingerprint density at radius 2 is 1.15 bits per heavy atom. The van der Waals surface area contributed by atoms with Gasteiger partial charge < -0.3 is 33.5 Å². The molecule has 7 rings (SSSR count). The fraction of sp³-hybridized carbons (Fsp3) is 0.458. The number of benzene rings is 4. The Hall–Kier alpha value is -6.90. The van der Waals surface area contributed by atoms with E-state index in [1.807, 2.05) is 36.4 Å². The highest BCUT2D eigenvalue weighted by Crippen LogP contribution is 2.43. The molecule has 0 bridgehead atoms. The normalized spacial score (nSPS) is 17.6. The number of rotatable bonds is 33. The third kappa shape index (κ3) is 18.4. The van der Waals surface area contributed by atoms with Gasteiger partial charge in [-0.25, -0.2) is 19.5 Å². The molecule has 0 saturated heterocycles. The average molecular weight is 1100 g/mol. The summed E-state index contributed by atoms with van der Waals surface area (Å²) in [6, 6.07) is 24.3. The number of hydrogen-bond acceptors (Lipinski definition) is 18. The van der Waals surface area contributed by atoms with Crippen LogP contribution in [0, 0.1) is 33.8 Å². The maximum absolute atomic E-state index is 13.7. The van der Waals surface area contributed by atoms with Crippen molar-refractivity contribution in [2.45, 2.75) is 109 Å². The van der Waals surface area contributed by atoms with Crippen LogP contribution in [0.25, 0.3) is 20.8 Å². The summed E-state index contributed by atoms with van der Waals surface area (Å²) < 4.78 is 28.4. The molecule has 0 radical (unpaired) electrons. The maximum atomic E-state index is 13.7. The number of nitrogens with zero attached hydrogens (tertiary/aromatic N) is 2. The van der Waals surface area contributed by atoms with Crippen LogP contribution in [0.2, 0.25) is 0 Å². The van der Waals surface area contributed by atoms with E-state index < -0.39 is 23.0 Å². The van der Waals surface area contributed by atoms with E-state index in [1.165, 1.54) is 23.5 Å². The second kappa shape index (κ2) is 31.5. The van der Waals surface area contributed by atoms with Crippen LogP contribution in [-0.4, -0.2) is 72.7 Å². The fourth-order valence-corrected chi connectivity index (χ4v) is 10.5. The minimum absolute atomic E-state index is 0.0453. The topological polar surface area (TPSA) is 220 Å². The quantitative estimate of drug-likeness (QED) is 0.00785. The fourth-order valence-electron chi connectivity index (χ4n) is 9.49. The molecule has 19 heteroatoms. The highest BCUT2D eigenvalue weighted by Gasteiger charge is 2.32. The number of carbonyl (C=O) groups is 3. The molecule has 1 unspecified atom stereocenters. The van der Waals surface area contributed by atoms with Crippen molar-refractivity contribution >= 4 is 45.1 Å². The Morgan fingerprint density at radius 1 is 0.641 bits per heavy atom. The van der Waals surface area contributed by atoms with Crippen LogP contribution in [0.5, 0.6) is 28.7 Å². The number of thiazole rings is 1. The van der Waals surface area contributed by atoms with Crippen molar-refractivity contribution in [1.29, 1.82) is 0 Å². The predicted molar refractivity (Wildman–Crippen MR) is 291 cm³/mol. The molecule has 4 aromatic carbocycles. The summed E-state index contributed by atoms with van der Waals surface area (Å²) in [4.78, 5) is 79.8. The smallest absolute Gasteiger partial charge is 0.330 e. The van der Waals surface area contributed by atoms with Crippen LogP contribution >= 0.6 is 11.3 Å². The Morgan fingerprint density at radius 3 is 1.71 bits per heavy atom. The first-order valence-electron chi connectivity index (χ1n) is 26.9. The summed E-state index contributed by atoms with van der Waals surface area (Å²) >= 11 is 1.30. The van der Waals surface area contributed by atoms with E-state index in [2.05, 4.69) is 13.2 Å². The van der Waals surface area contributed by atoms with Gasteiger partial charge in [0.15, 0.2) is 17.2 Å². The number of non-ortho nitro benzene ring substituents is 1. The van der Waals surface area contributed by atoms with Gasteiger partial charge in [0.1, 0.15) is 32.8 Å². The first-order chi connectivity index (χ1) is 38.1. The number of fused-ring (bicyclic) bond motifs is 1. The Bertz CT molecular complexity index is 2680. The van der Waals surface area contributed by atoms with E-state index in [-0.39, 0.29) is 41.1 Å². The van der Waals surface area contributed by atoms with Crippen molar-refractivity contribution in [2.75, 3.05) is 39.6 Å². The molecule has 1 atom stereocenters. The van der Waals surface area contributed by atoms with Crippen molar-refractivity contribution in [3.8, 4) is 39.3 Å². The van der Waals surface area contributed by atoms with Crippen molar-refractivity contribution < 1.29 is 72.7 Å². The lowest BCUT2D eigenvalue weighted by atomic mass is 9.78. The highest BCUT2D eigenvalue weighted by atomic mass is 32.1. The van der Waals surface area contributed by atoms with Gasteiger partial charge in [-0.1, -0.05) is 25.3 Å². The van der Waals surface area contributed by atoms with E-state index in [0.29, 0.717) is 84.8 Å². The molecular formula is C59H70N2O16S. The van der Waals surface area contributed by atoms with Crippen LogP contribution in [0.4, 0.5) is 5.69 Å². The molecule has 0 aliphatic heterocycles. The van der Waals surface area contributed by atoms with E-state index in [4.69, 9.17) is 53.1 Å². The minimum Gasteiger partial charge on any atom is -0.494 e. The van der Waals surface area contributed by atoms with Crippen LogP contribution in [0.3, 0.4) is 0 Å². The Kier molecular flexibility index (Phi) is 23.7. The zero-order valence-electron chi connectivity index (χ0n) is 44.0. The summed E-state index contributed by atoms with van der Waals surface area (Å²) in [5.41, 5.74) is 1.88. The summed E-state index contributed by atoms with van der Waals surface area (Å²) in [6.07, 6.45) is 15.0. The maximum Gasteiger partial charge on any atom is 0.330 e. The summed E-state index contributed by atoms with van der Waals surface area (Å²) in [5.74, 6) is 1.71. The molecule has 2 aliphatic carbocycles. The lowest BCUT2D eigenvalue weighted by Gasteiger charge is -2.32. The Labute approximate surface area is 458 Å². The van der Waals surface area contributed by atoms with Gasteiger partial charge in [0.25, 0.3) is 5.69 Å². The predicted octanol–water partition coefficient (Wildman–Crippen LogP) is 13.3. The SMILES string of the molecule is C=CC(=O)OCCCCCCOc1ccc(OOC[C@H]2CC[C@@H](C(=O)Oc3ccc(OOCC4CCC(C(OO)c5ccc(OCCCCCCOC(=O)C=C)cc5)CC4)c4sc(-c5ccc([N+](=O)[O-])cc5)nc34)CC2)cc1. The van der Waals surface area contributed by atoms with E-state index >= 15 is 0 Å². The lowest BCUT2D eigenvalue weighted by Crippen LogP contribution is -2.27. The van der Waals surface area contributed by atoms with Gasteiger partial charge in [0, 0.05) is 29.8 Å². The van der Waals surface area contributed by atoms with Crippen molar-refractivity contribution in [3.63, 3.8) is 0 Å². The van der Waals surface area contributed by atoms with Gasteiger partial charge in [-0.3, -0.25) is 20.2 Å². The molecule has 78 heavy (non-hydrogen) atoms. The summed E-state index contributed by atoms with van der Waals surface area (Å²) in [7, 11) is 0. The van der Waals surface area contributed by atoms with Gasteiger partial charge in [-0.05, 0) is 187 Å². The molecule has 418 valence electrons. The third-order valence-corrected chi connectivity index (χ3v) is 15.1. The van der Waals surface area contributed by atoms with Gasteiger partial charge in [0.2, 0.25) is 0 Å². The number of unbranched alkanes of at least 4 members (excludes halogenated alkanes) is 6. The molecule has 1 N–H and O–H groups in total. The van der Waals surface area contributed by atoms with E-state index in [1.54, 1.807) is 36.4 Å². The number of hydrogen-bond donors (Lipinski definition) is 1. The van der Waals surface area contributed by atoms with Crippen molar-refractivity contribution in [2.24, 2.45) is 23.7 Å². The van der Waals surface area contributed by atoms with Gasteiger partial charge in [-0.2, -0.15) is 9.78 Å². The molecular weight excluding hydrogens is 1020 g/mol. The number of carbonyl (C=O) groups excluding carboxylic acids is 3. The van der Waals surface area contributed by atoms with Crippen LogP contribution in [0.15, 0.2) is 110 Å². The molecule has 18 nitrogen and oxygen atoms in total. The largest absolute Gasteiger partial charge is 0.494 e. The molecule has 2 aliphatic rings. The molecule has 1 heterocycles. The zero-order chi connectivity index (χ0) is 54.9. The molecule has 2 fully saturated rings. The van der Waals surface area contributed by atoms with E-state index in [0.717, 1.165) is 119 Å². The number of esters is 3. The van der Waals surface area contributed by atoms with Crippen LogP contribution in [-0.2, 0) is 38.5 Å². The molecule has 5 aromatic rings. The zero-order valence-corrected chi connectivity index (χ0v) is 44.8. The van der Waals surface area contributed by atoms with Crippen molar-refractivity contribution in [1.82, 2.24) is 4.98 Å². The Balaban J connectivity index is 0.843. The van der Waals surface area contributed by atoms with Crippen LogP contribution < -0.4 is 24.0 Å². The first-order valence-corrected chi connectivity index (χ1v) is 27.8. The highest BCUT2D eigenvalue weighted by molar-refractivity contribution is 7.22. The molecule has 0 amide bonds. The second-order valence-corrected chi connectivity index (χ2v) is 20.6. The number of ether oxygens (including phenoxy) is 5. The van der Waals surface area contributed by atoms with Crippen molar-refractivity contribution in [3.05, 3.63) is 126 Å². The van der Waals surface area contributed by atoms with Gasteiger partial charge >= 0.3 is 17.9 Å². The molecule has 1 aromatic heterocycles. The second-order valence-electron chi connectivity index (χ2n) is 19.6. The third-order valence-electron chi connectivity index (χ3n) is 14.0. The van der Waals surface area contributed by atoms with E-state index in [9.17, 15) is 29.8 Å². The lowest BCUT2D eigenvalue weighted by molar-refractivity contribution is -0.384. The van der Waals surface area contributed by atoms with Gasteiger partial charge in [0.05, 0.1) is 50.5 Å². The van der Waals surface area contributed by atoms with Gasteiger partial charge in [-0.15, -0.1) is 11.3 Å². The monoisotopic (exact) mass is 1090 g/mol. The summed E-state index contributed by atoms with van der Waals surface area (Å²) in [5, 5.41) is 21.9. The minimum atomic E-state index is -0.485. The average Bonchev–Trinajstić information content (AvgIpc) is 3.95. The molecule has 0 spiro atoms. The number of nitro benzene ring substituents is 1. The first kappa shape index (κ1) is 58.8. The number of nitro groups is 1.